The third-order valence-corrected chi connectivity index (χ3v) is 4.61. The van der Waals surface area contributed by atoms with Crippen molar-refractivity contribution in [3.05, 3.63) is 70.9 Å². The lowest BCUT2D eigenvalue weighted by molar-refractivity contribution is 0.0603. The van der Waals surface area contributed by atoms with Gasteiger partial charge in [-0.15, -0.1) is 11.3 Å². The number of aryl methyl sites for hydroxylation is 1. The fourth-order valence-corrected chi connectivity index (χ4v) is 3.33. The number of rotatable bonds is 4. The molecule has 0 aliphatic carbocycles. The normalized spacial score (nSPS) is 10.3. The van der Waals surface area contributed by atoms with Crippen molar-refractivity contribution < 1.29 is 14.3 Å². The summed E-state index contributed by atoms with van der Waals surface area (Å²) in [5, 5.41) is 5.10. The molecular weight excluding hydrogens is 336 g/mol. The van der Waals surface area contributed by atoms with E-state index in [9.17, 15) is 9.59 Å². The highest BCUT2D eigenvalue weighted by Crippen LogP contribution is 2.36. The second-order valence-electron chi connectivity index (χ2n) is 5.40. The predicted molar refractivity (Wildman–Crippen MR) is 98.0 cm³/mol. The molecule has 126 valence electrons. The van der Waals surface area contributed by atoms with E-state index < -0.39 is 5.97 Å². The highest BCUT2D eigenvalue weighted by atomic mass is 32.1. The number of nitrogens with one attached hydrogen (secondary N) is 1. The van der Waals surface area contributed by atoms with Crippen LogP contribution < -0.4 is 5.32 Å². The first kappa shape index (κ1) is 16.9. The number of carbonyl (C=O) groups is 2. The molecule has 1 aromatic carbocycles. The molecule has 0 aliphatic heterocycles. The maximum Gasteiger partial charge on any atom is 0.341 e. The lowest BCUT2D eigenvalue weighted by Crippen LogP contribution is -2.14. The molecule has 25 heavy (non-hydrogen) atoms. The maximum absolute atomic E-state index is 12.4. The number of hydrogen-bond donors (Lipinski definition) is 1. The summed E-state index contributed by atoms with van der Waals surface area (Å²) in [6, 6.07) is 11.1. The van der Waals surface area contributed by atoms with Crippen molar-refractivity contribution in [1.29, 1.82) is 0 Å². The Morgan fingerprint density at radius 3 is 2.40 bits per heavy atom. The van der Waals surface area contributed by atoms with Crippen molar-refractivity contribution >= 4 is 28.2 Å². The first-order chi connectivity index (χ1) is 12.1. The Morgan fingerprint density at radius 1 is 1.08 bits per heavy atom. The number of carbonyl (C=O) groups excluding carboxylic acids is 2. The van der Waals surface area contributed by atoms with Crippen molar-refractivity contribution in [2.75, 3.05) is 12.4 Å². The minimum absolute atomic E-state index is 0.301. The molecule has 5 nitrogen and oxygen atoms in total. The van der Waals surface area contributed by atoms with E-state index in [1.54, 1.807) is 24.5 Å². The topological polar surface area (TPSA) is 68.3 Å². The van der Waals surface area contributed by atoms with Gasteiger partial charge in [0.1, 0.15) is 10.6 Å². The SMILES string of the molecule is COC(=O)c1c(-c2ccc(C)cc2)csc1NC(=O)c1ccncc1. The van der Waals surface area contributed by atoms with Crippen LogP contribution in [0.3, 0.4) is 0 Å². The first-order valence-corrected chi connectivity index (χ1v) is 8.46. The standard InChI is InChI=1S/C19H16N2O3S/c1-12-3-5-13(6-4-12)15-11-25-18(16(15)19(23)24-2)21-17(22)14-7-9-20-10-8-14/h3-11H,1-2H3,(H,21,22). The lowest BCUT2D eigenvalue weighted by Gasteiger charge is -2.08. The number of thiophene rings is 1. The van der Waals surface area contributed by atoms with Gasteiger partial charge in [-0.2, -0.15) is 0 Å². The number of benzene rings is 1. The van der Waals surface area contributed by atoms with Gasteiger partial charge in [0.25, 0.3) is 5.91 Å². The molecule has 0 unspecified atom stereocenters. The number of hydrogen-bond acceptors (Lipinski definition) is 5. The van der Waals surface area contributed by atoms with Crippen molar-refractivity contribution in [2.24, 2.45) is 0 Å². The van der Waals surface area contributed by atoms with E-state index in [4.69, 9.17) is 4.74 Å². The number of methoxy groups -OCH3 is 1. The van der Waals surface area contributed by atoms with Gasteiger partial charge in [-0.1, -0.05) is 29.8 Å². The van der Waals surface area contributed by atoms with Gasteiger partial charge in [-0.05, 0) is 24.6 Å². The summed E-state index contributed by atoms with van der Waals surface area (Å²) in [6.45, 7) is 2.00. The summed E-state index contributed by atoms with van der Waals surface area (Å²) in [4.78, 5) is 28.6. The zero-order valence-electron chi connectivity index (χ0n) is 13.8. The van der Waals surface area contributed by atoms with Crippen LogP contribution in [0.2, 0.25) is 0 Å². The third-order valence-electron chi connectivity index (χ3n) is 3.71. The van der Waals surface area contributed by atoms with Crippen molar-refractivity contribution in [3.8, 4) is 11.1 Å². The van der Waals surface area contributed by atoms with E-state index in [2.05, 4.69) is 10.3 Å². The van der Waals surface area contributed by atoms with Gasteiger partial charge in [0.05, 0.1) is 7.11 Å². The van der Waals surface area contributed by atoms with Gasteiger partial charge in [-0.25, -0.2) is 4.79 Å². The van der Waals surface area contributed by atoms with E-state index in [0.717, 1.165) is 16.7 Å². The molecule has 1 amide bonds. The molecule has 0 aliphatic rings. The molecule has 3 rings (SSSR count). The van der Waals surface area contributed by atoms with Crippen molar-refractivity contribution in [3.63, 3.8) is 0 Å². The molecule has 2 heterocycles. The molecule has 0 saturated heterocycles. The van der Waals surface area contributed by atoms with Gasteiger partial charge in [-0.3, -0.25) is 9.78 Å². The van der Waals surface area contributed by atoms with Crippen molar-refractivity contribution in [1.82, 2.24) is 4.98 Å². The Balaban J connectivity index is 1.98. The van der Waals surface area contributed by atoms with Crippen LogP contribution in [0.5, 0.6) is 0 Å². The van der Waals surface area contributed by atoms with Crippen LogP contribution in [0.1, 0.15) is 26.3 Å². The Hall–Kier alpha value is -2.99. The zero-order valence-corrected chi connectivity index (χ0v) is 14.6. The largest absolute Gasteiger partial charge is 0.465 e. The average molecular weight is 352 g/mol. The number of aromatic nitrogens is 1. The van der Waals surface area contributed by atoms with E-state index in [-0.39, 0.29) is 5.91 Å². The number of pyridine rings is 1. The number of anilines is 1. The molecule has 0 fully saturated rings. The maximum atomic E-state index is 12.4. The number of amides is 1. The number of esters is 1. The van der Waals surface area contributed by atoms with E-state index in [0.29, 0.717) is 16.1 Å². The van der Waals surface area contributed by atoms with Crippen LogP contribution in [0.25, 0.3) is 11.1 Å². The Morgan fingerprint density at radius 2 is 1.76 bits per heavy atom. The minimum Gasteiger partial charge on any atom is -0.465 e. The van der Waals surface area contributed by atoms with Crippen LogP contribution in [0, 0.1) is 6.92 Å². The van der Waals surface area contributed by atoms with Gasteiger partial charge in [0.15, 0.2) is 0 Å². The fourth-order valence-electron chi connectivity index (χ4n) is 2.38. The Bertz CT molecular complexity index is 902. The van der Waals surface area contributed by atoms with Crippen LogP contribution in [0.15, 0.2) is 54.2 Å². The fraction of sp³-hybridized carbons (Fsp3) is 0.105. The Kier molecular flexibility index (Phi) is 4.90. The monoisotopic (exact) mass is 352 g/mol. The average Bonchev–Trinajstić information content (AvgIpc) is 3.06. The summed E-state index contributed by atoms with van der Waals surface area (Å²) in [6.07, 6.45) is 3.09. The lowest BCUT2D eigenvalue weighted by atomic mass is 10.0. The van der Waals surface area contributed by atoms with Gasteiger partial charge in [0, 0.05) is 28.9 Å². The first-order valence-electron chi connectivity index (χ1n) is 7.58. The molecular formula is C19H16N2O3S. The van der Waals surface area contributed by atoms with E-state index in [1.165, 1.54) is 18.4 Å². The van der Waals surface area contributed by atoms with Crippen LogP contribution in [-0.4, -0.2) is 24.0 Å². The molecule has 0 radical (unpaired) electrons. The number of ether oxygens (including phenoxy) is 1. The minimum atomic E-state index is -0.484. The predicted octanol–water partition coefficient (Wildman–Crippen LogP) is 4.16. The second kappa shape index (κ2) is 7.27. The summed E-state index contributed by atoms with van der Waals surface area (Å²) in [5.74, 6) is -0.785. The molecule has 0 bridgehead atoms. The van der Waals surface area contributed by atoms with E-state index >= 15 is 0 Å². The van der Waals surface area contributed by atoms with E-state index in [1.807, 2.05) is 36.6 Å². The molecule has 0 atom stereocenters. The smallest absolute Gasteiger partial charge is 0.341 e. The zero-order chi connectivity index (χ0) is 17.8. The summed E-state index contributed by atoms with van der Waals surface area (Å²) in [5.41, 5.74) is 3.59. The van der Waals surface area contributed by atoms with Crippen LogP contribution in [0.4, 0.5) is 5.00 Å². The third kappa shape index (κ3) is 3.59. The number of nitrogens with zero attached hydrogens (tertiary/aromatic N) is 1. The Labute approximate surface area is 149 Å². The second-order valence-corrected chi connectivity index (χ2v) is 6.28. The van der Waals surface area contributed by atoms with Crippen molar-refractivity contribution in [2.45, 2.75) is 6.92 Å². The van der Waals surface area contributed by atoms with Crippen LogP contribution in [-0.2, 0) is 4.74 Å². The molecule has 3 aromatic rings. The van der Waals surface area contributed by atoms with Gasteiger partial charge in [0.2, 0.25) is 0 Å². The molecule has 6 heteroatoms. The quantitative estimate of drug-likeness (QED) is 0.716. The molecule has 1 N–H and O–H groups in total. The molecule has 0 spiro atoms. The highest BCUT2D eigenvalue weighted by Gasteiger charge is 2.22. The van der Waals surface area contributed by atoms with Gasteiger partial charge >= 0.3 is 5.97 Å². The van der Waals surface area contributed by atoms with Gasteiger partial charge < -0.3 is 10.1 Å². The summed E-state index contributed by atoms with van der Waals surface area (Å²) >= 11 is 1.29. The summed E-state index contributed by atoms with van der Waals surface area (Å²) < 4.78 is 4.91. The highest BCUT2D eigenvalue weighted by molar-refractivity contribution is 7.15. The summed E-state index contributed by atoms with van der Waals surface area (Å²) in [7, 11) is 1.33. The van der Waals surface area contributed by atoms with Crippen LogP contribution >= 0.6 is 11.3 Å². The molecule has 0 saturated carbocycles. The molecule has 2 aromatic heterocycles.